The zero-order chi connectivity index (χ0) is 12.4. The van der Waals surface area contributed by atoms with Crippen molar-refractivity contribution in [2.75, 3.05) is 5.32 Å². The van der Waals surface area contributed by atoms with Crippen LogP contribution in [0.4, 0.5) is 5.13 Å². The molecule has 0 aliphatic heterocycles. The summed E-state index contributed by atoms with van der Waals surface area (Å²) in [5.74, 6) is -1.12. The second kappa shape index (κ2) is 4.83. The van der Waals surface area contributed by atoms with Crippen molar-refractivity contribution < 1.29 is 14.7 Å². The number of nitrogens with one attached hydrogen (secondary N) is 1. The smallest absolute Gasteiger partial charge is 0.306 e. The van der Waals surface area contributed by atoms with Crippen LogP contribution < -0.4 is 5.32 Å². The van der Waals surface area contributed by atoms with Crippen LogP contribution in [0.5, 0.6) is 0 Å². The van der Waals surface area contributed by atoms with Gasteiger partial charge in [-0.3, -0.25) is 9.59 Å². The fourth-order valence-corrected chi connectivity index (χ4v) is 2.95. The predicted molar refractivity (Wildman–Crippen MR) is 64.2 cm³/mol. The van der Waals surface area contributed by atoms with Crippen molar-refractivity contribution in [1.82, 2.24) is 4.98 Å². The van der Waals surface area contributed by atoms with E-state index in [4.69, 9.17) is 5.11 Å². The summed E-state index contributed by atoms with van der Waals surface area (Å²) < 4.78 is 0. The van der Waals surface area contributed by atoms with E-state index in [1.54, 1.807) is 6.92 Å². The number of anilines is 1. The Bertz CT molecular complexity index is 456. The molecule has 2 rings (SSSR count). The summed E-state index contributed by atoms with van der Waals surface area (Å²) in [6.45, 7) is 1.78. The van der Waals surface area contributed by atoms with Crippen LogP contribution in [0.2, 0.25) is 0 Å². The van der Waals surface area contributed by atoms with Gasteiger partial charge in [0.25, 0.3) is 0 Å². The summed E-state index contributed by atoms with van der Waals surface area (Å²) in [7, 11) is 0. The van der Waals surface area contributed by atoms with Gasteiger partial charge in [-0.1, -0.05) is 6.92 Å². The SMILES string of the molecule is CCC(=O)Nc1nc2c(s1)C[C@@H](C(=O)O)CC2. The number of aromatic nitrogens is 1. The van der Waals surface area contributed by atoms with E-state index in [2.05, 4.69) is 10.3 Å². The first-order chi connectivity index (χ1) is 8.10. The molecule has 6 heteroatoms. The summed E-state index contributed by atoms with van der Waals surface area (Å²) in [5, 5.41) is 12.3. The number of fused-ring (bicyclic) bond motifs is 1. The normalized spacial score (nSPS) is 18.5. The van der Waals surface area contributed by atoms with E-state index in [9.17, 15) is 9.59 Å². The molecule has 1 heterocycles. The Morgan fingerprint density at radius 3 is 3.00 bits per heavy atom. The van der Waals surface area contributed by atoms with Crippen molar-refractivity contribution in [3.05, 3.63) is 10.6 Å². The van der Waals surface area contributed by atoms with E-state index in [1.807, 2.05) is 0 Å². The predicted octanol–water partition coefficient (Wildman–Crippen LogP) is 1.68. The number of thiazole rings is 1. The summed E-state index contributed by atoms with van der Waals surface area (Å²) in [4.78, 5) is 27.5. The molecule has 1 aliphatic rings. The summed E-state index contributed by atoms with van der Waals surface area (Å²) >= 11 is 1.39. The van der Waals surface area contributed by atoms with E-state index >= 15 is 0 Å². The lowest BCUT2D eigenvalue weighted by atomic mass is 9.91. The van der Waals surface area contributed by atoms with Gasteiger partial charge in [-0.2, -0.15) is 0 Å². The van der Waals surface area contributed by atoms with E-state index in [0.29, 0.717) is 30.8 Å². The number of rotatable bonds is 3. The first kappa shape index (κ1) is 12.0. The van der Waals surface area contributed by atoms with Gasteiger partial charge >= 0.3 is 5.97 Å². The van der Waals surface area contributed by atoms with Crippen molar-refractivity contribution in [2.45, 2.75) is 32.6 Å². The highest BCUT2D eigenvalue weighted by molar-refractivity contribution is 7.15. The van der Waals surface area contributed by atoms with Crippen molar-refractivity contribution in [3.63, 3.8) is 0 Å². The molecule has 1 aromatic rings. The van der Waals surface area contributed by atoms with Crippen molar-refractivity contribution in [2.24, 2.45) is 5.92 Å². The van der Waals surface area contributed by atoms with Gasteiger partial charge in [0.15, 0.2) is 5.13 Å². The molecule has 0 unspecified atom stereocenters. The van der Waals surface area contributed by atoms with Crippen LogP contribution in [-0.4, -0.2) is 22.0 Å². The quantitative estimate of drug-likeness (QED) is 0.860. The number of hydrogen-bond acceptors (Lipinski definition) is 4. The molecule has 0 radical (unpaired) electrons. The van der Waals surface area contributed by atoms with Crippen molar-refractivity contribution >= 4 is 28.3 Å². The molecule has 2 N–H and O–H groups in total. The van der Waals surface area contributed by atoms with Gasteiger partial charge < -0.3 is 10.4 Å². The van der Waals surface area contributed by atoms with E-state index < -0.39 is 5.97 Å². The number of carboxylic acids is 1. The number of hydrogen-bond donors (Lipinski definition) is 2. The number of aryl methyl sites for hydroxylation is 1. The topological polar surface area (TPSA) is 79.3 Å². The van der Waals surface area contributed by atoms with Gasteiger partial charge in [-0.05, 0) is 19.3 Å². The number of carbonyl (C=O) groups excluding carboxylic acids is 1. The third kappa shape index (κ3) is 2.63. The van der Waals surface area contributed by atoms with E-state index in [-0.39, 0.29) is 11.8 Å². The highest BCUT2D eigenvalue weighted by Crippen LogP contribution is 2.32. The van der Waals surface area contributed by atoms with Gasteiger partial charge in [0, 0.05) is 11.3 Å². The summed E-state index contributed by atoms with van der Waals surface area (Å²) in [5.41, 5.74) is 0.943. The Labute approximate surface area is 103 Å². The van der Waals surface area contributed by atoms with Gasteiger partial charge in [0.05, 0.1) is 11.6 Å². The Balaban J connectivity index is 2.11. The van der Waals surface area contributed by atoms with Crippen LogP contribution >= 0.6 is 11.3 Å². The minimum absolute atomic E-state index is 0.0640. The lowest BCUT2D eigenvalue weighted by molar-refractivity contribution is -0.142. The molecule has 1 atom stereocenters. The number of carbonyl (C=O) groups is 2. The lowest BCUT2D eigenvalue weighted by Crippen LogP contribution is -2.21. The minimum atomic E-state index is -0.747. The molecule has 1 amide bonds. The molecule has 0 bridgehead atoms. The molecule has 92 valence electrons. The van der Waals surface area contributed by atoms with Crippen molar-refractivity contribution in [3.8, 4) is 0 Å². The molecule has 1 aromatic heterocycles. The van der Waals surface area contributed by atoms with Gasteiger partial charge in [-0.25, -0.2) is 4.98 Å². The molecule has 0 saturated carbocycles. The molecule has 17 heavy (non-hydrogen) atoms. The fourth-order valence-electron chi connectivity index (χ4n) is 1.85. The Kier molecular flexibility index (Phi) is 3.42. The van der Waals surface area contributed by atoms with Crippen LogP contribution in [0, 0.1) is 5.92 Å². The molecular weight excluding hydrogens is 240 g/mol. The van der Waals surface area contributed by atoms with Crippen LogP contribution in [0.25, 0.3) is 0 Å². The maximum atomic E-state index is 11.2. The Hall–Kier alpha value is -1.43. The Morgan fingerprint density at radius 1 is 1.59 bits per heavy atom. The van der Waals surface area contributed by atoms with Crippen LogP contribution in [0.3, 0.4) is 0 Å². The lowest BCUT2D eigenvalue weighted by Gasteiger charge is -2.16. The minimum Gasteiger partial charge on any atom is -0.481 e. The number of amides is 1. The van der Waals surface area contributed by atoms with Gasteiger partial charge in [0.2, 0.25) is 5.91 Å². The monoisotopic (exact) mass is 254 g/mol. The number of nitrogens with zero attached hydrogens (tertiary/aromatic N) is 1. The summed E-state index contributed by atoms with van der Waals surface area (Å²) in [6.07, 6.45) is 2.27. The average Bonchev–Trinajstić information content (AvgIpc) is 2.69. The Morgan fingerprint density at radius 2 is 2.35 bits per heavy atom. The maximum absolute atomic E-state index is 11.2. The average molecular weight is 254 g/mol. The first-order valence-electron chi connectivity index (χ1n) is 5.61. The molecule has 0 fully saturated rings. The van der Waals surface area contributed by atoms with Crippen LogP contribution in [0.1, 0.15) is 30.3 Å². The van der Waals surface area contributed by atoms with Crippen LogP contribution in [-0.2, 0) is 22.4 Å². The van der Waals surface area contributed by atoms with Crippen molar-refractivity contribution in [1.29, 1.82) is 0 Å². The fraction of sp³-hybridized carbons (Fsp3) is 0.545. The molecule has 0 aromatic carbocycles. The molecule has 0 spiro atoms. The second-order valence-electron chi connectivity index (χ2n) is 4.07. The molecule has 1 aliphatic carbocycles. The highest BCUT2D eigenvalue weighted by atomic mass is 32.1. The second-order valence-corrected chi connectivity index (χ2v) is 5.15. The van der Waals surface area contributed by atoms with E-state index in [1.165, 1.54) is 11.3 Å². The zero-order valence-corrected chi connectivity index (χ0v) is 10.3. The largest absolute Gasteiger partial charge is 0.481 e. The van der Waals surface area contributed by atoms with Gasteiger partial charge in [0.1, 0.15) is 0 Å². The zero-order valence-electron chi connectivity index (χ0n) is 9.52. The van der Waals surface area contributed by atoms with E-state index in [0.717, 1.165) is 10.6 Å². The maximum Gasteiger partial charge on any atom is 0.306 e. The molecule has 5 nitrogen and oxygen atoms in total. The molecule has 0 saturated heterocycles. The highest BCUT2D eigenvalue weighted by Gasteiger charge is 2.27. The number of carboxylic acid groups (broad SMARTS) is 1. The third-order valence-electron chi connectivity index (χ3n) is 2.86. The molecular formula is C11H14N2O3S. The summed E-state index contributed by atoms with van der Waals surface area (Å²) in [6, 6.07) is 0. The first-order valence-corrected chi connectivity index (χ1v) is 6.43. The van der Waals surface area contributed by atoms with Gasteiger partial charge in [-0.15, -0.1) is 11.3 Å². The number of aliphatic carboxylic acids is 1. The third-order valence-corrected chi connectivity index (χ3v) is 3.89. The standard InChI is InChI=1S/C11H14N2O3S/c1-2-9(14)13-11-12-7-4-3-6(10(15)16)5-8(7)17-11/h6H,2-5H2,1H3,(H,15,16)(H,12,13,14)/t6-/m0/s1. The van der Waals surface area contributed by atoms with Crippen LogP contribution in [0.15, 0.2) is 0 Å².